The second-order valence-corrected chi connectivity index (χ2v) is 13.8. The van der Waals surface area contributed by atoms with Gasteiger partial charge in [0.2, 0.25) is 5.91 Å². The van der Waals surface area contributed by atoms with Crippen molar-refractivity contribution in [2.45, 2.75) is 79.7 Å². The first-order valence-corrected chi connectivity index (χ1v) is 16.1. The molecule has 1 spiro atoms. The number of hydrogen-bond acceptors (Lipinski definition) is 9. The molecule has 4 heterocycles. The number of amides is 1. The summed E-state index contributed by atoms with van der Waals surface area (Å²) in [6, 6.07) is 6.87. The van der Waals surface area contributed by atoms with Crippen LogP contribution in [0, 0.1) is 23.1 Å². The van der Waals surface area contributed by atoms with Crippen molar-refractivity contribution in [3.8, 4) is 6.07 Å². The summed E-state index contributed by atoms with van der Waals surface area (Å²) >= 11 is 1.70. The third kappa shape index (κ3) is 5.65. The lowest BCUT2D eigenvalue weighted by molar-refractivity contribution is -0.145. The molecule has 1 saturated carbocycles. The van der Waals surface area contributed by atoms with Gasteiger partial charge in [-0.1, -0.05) is 12.6 Å². The molecule has 1 aromatic carbocycles. The van der Waals surface area contributed by atoms with Gasteiger partial charge in [0, 0.05) is 37.3 Å². The normalized spacial score (nSPS) is 35.5. The third-order valence-electron chi connectivity index (χ3n) is 10.1. The molecule has 0 bridgehead atoms. The first kappa shape index (κ1) is 29.7. The van der Waals surface area contributed by atoms with E-state index >= 15 is 0 Å². The number of rotatable bonds is 6. The predicted octanol–water partition coefficient (Wildman–Crippen LogP) is 2.23. The minimum absolute atomic E-state index is 0.00368. The van der Waals surface area contributed by atoms with Gasteiger partial charge in [0.15, 0.2) is 12.1 Å². The van der Waals surface area contributed by atoms with Crippen molar-refractivity contribution in [1.82, 2.24) is 25.3 Å². The monoisotopic (exact) mass is 596 g/mol. The van der Waals surface area contributed by atoms with E-state index in [0.717, 1.165) is 43.4 Å². The molecule has 1 amide bonds. The fourth-order valence-corrected chi connectivity index (χ4v) is 9.18. The van der Waals surface area contributed by atoms with Gasteiger partial charge in [-0.05, 0) is 75.0 Å². The lowest BCUT2D eigenvalue weighted by Crippen LogP contribution is -2.75. The first-order valence-electron chi connectivity index (χ1n) is 15.2. The van der Waals surface area contributed by atoms with Crippen LogP contribution in [0.4, 0.5) is 4.39 Å². The van der Waals surface area contributed by atoms with Crippen LogP contribution < -0.4 is 10.6 Å². The van der Waals surface area contributed by atoms with Crippen molar-refractivity contribution in [1.29, 1.82) is 5.26 Å². The molecule has 5 aliphatic rings. The Morgan fingerprint density at radius 2 is 2.12 bits per heavy atom. The van der Waals surface area contributed by atoms with Gasteiger partial charge in [-0.15, -0.1) is 11.8 Å². The molecule has 42 heavy (non-hydrogen) atoms. The SMILES string of the molecule is C=CC(=O)N1CCN(C2NC(OCC3CCCN3C)NC3C(=O)[C@@]4(CCC32)Cc2cc(F)ccc2CS4)CC1CC#N. The molecule has 1 aliphatic carbocycles. The summed E-state index contributed by atoms with van der Waals surface area (Å²) in [7, 11) is 2.12. The maximum Gasteiger partial charge on any atom is 0.246 e. The average Bonchev–Trinajstić information content (AvgIpc) is 3.41. The Morgan fingerprint density at radius 3 is 2.88 bits per heavy atom. The van der Waals surface area contributed by atoms with E-state index in [-0.39, 0.29) is 42.1 Å². The molecule has 0 radical (unpaired) electrons. The van der Waals surface area contributed by atoms with Crippen molar-refractivity contribution in [3.05, 3.63) is 47.8 Å². The topological polar surface area (TPSA) is 101 Å². The van der Waals surface area contributed by atoms with E-state index in [1.165, 1.54) is 12.1 Å². The smallest absolute Gasteiger partial charge is 0.246 e. The van der Waals surface area contributed by atoms with E-state index in [1.54, 1.807) is 22.7 Å². The quantitative estimate of drug-likeness (QED) is 0.479. The molecular weight excluding hydrogens is 555 g/mol. The lowest BCUT2D eigenvalue weighted by Gasteiger charge is -2.55. The van der Waals surface area contributed by atoms with Gasteiger partial charge in [-0.2, -0.15) is 5.26 Å². The van der Waals surface area contributed by atoms with E-state index in [9.17, 15) is 19.2 Å². The zero-order valence-electron chi connectivity index (χ0n) is 24.3. The van der Waals surface area contributed by atoms with Crippen molar-refractivity contribution in [2.24, 2.45) is 5.92 Å². The standard InChI is InChI=1S/C31H41FN6O3S/c1-3-26(39)38-14-13-37(17-23(38)9-11-33)29-25-8-10-31(16-21-15-22(32)7-6-20(21)19-42-31)28(40)27(25)34-30(35-29)41-18-24-5-4-12-36(24)2/h3,6-7,15,23-25,27,29-30,34-35H,1,4-5,8-10,12-14,16-19H2,2H3/t23?,24?,25?,27?,29?,30?,31-/m1/s1. The Morgan fingerprint density at radius 1 is 1.26 bits per heavy atom. The van der Waals surface area contributed by atoms with Gasteiger partial charge in [-0.3, -0.25) is 25.1 Å². The number of hydrogen-bond donors (Lipinski definition) is 2. The highest BCUT2D eigenvalue weighted by atomic mass is 32.2. The van der Waals surface area contributed by atoms with Crippen LogP contribution in [0.5, 0.6) is 0 Å². The lowest BCUT2D eigenvalue weighted by atomic mass is 9.71. The molecule has 4 aliphatic heterocycles. The largest absolute Gasteiger partial charge is 0.348 e. The summed E-state index contributed by atoms with van der Waals surface area (Å²) in [5.74, 6) is 0.447. The Bertz CT molecular complexity index is 1260. The van der Waals surface area contributed by atoms with Crippen LogP contribution in [0.2, 0.25) is 0 Å². The number of Topliss-reactive ketones (excluding diaryl/α,β-unsaturated/α-hetero) is 1. The summed E-state index contributed by atoms with van der Waals surface area (Å²) in [5, 5.41) is 16.7. The van der Waals surface area contributed by atoms with Gasteiger partial charge in [0.1, 0.15) is 5.82 Å². The summed E-state index contributed by atoms with van der Waals surface area (Å²) in [4.78, 5) is 33.4. The number of fused-ring (bicyclic) bond motifs is 2. The van der Waals surface area contributed by atoms with Crippen molar-refractivity contribution in [2.75, 3.05) is 39.8 Å². The van der Waals surface area contributed by atoms with E-state index in [2.05, 4.69) is 40.1 Å². The van der Waals surface area contributed by atoms with Gasteiger partial charge < -0.3 is 14.5 Å². The minimum Gasteiger partial charge on any atom is -0.348 e. The predicted molar refractivity (Wildman–Crippen MR) is 159 cm³/mol. The number of ketones is 1. The zero-order chi connectivity index (χ0) is 29.4. The first-order chi connectivity index (χ1) is 20.3. The van der Waals surface area contributed by atoms with Gasteiger partial charge in [0.05, 0.1) is 42.1 Å². The molecule has 11 heteroatoms. The molecule has 9 nitrogen and oxygen atoms in total. The summed E-state index contributed by atoms with van der Waals surface area (Å²) in [6.07, 6.45) is 5.21. The number of likely N-dealkylation sites (tertiary alicyclic amines) is 1. The fourth-order valence-electron chi connectivity index (χ4n) is 7.68. The number of carbonyl (C=O) groups is 2. The van der Waals surface area contributed by atoms with Crippen LogP contribution in [0.1, 0.15) is 43.2 Å². The molecule has 226 valence electrons. The molecular formula is C31H41FN6O3S. The van der Waals surface area contributed by atoms with Gasteiger partial charge in [0.25, 0.3) is 0 Å². The number of nitrogens with zero attached hydrogens (tertiary/aromatic N) is 4. The summed E-state index contributed by atoms with van der Waals surface area (Å²) in [6.45, 7) is 6.91. The fraction of sp³-hybridized carbons (Fsp3) is 0.645. The van der Waals surface area contributed by atoms with Crippen LogP contribution in [-0.2, 0) is 26.5 Å². The third-order valence-corrected chi connectivity index (χ3v) is 11.6. The Hall–Kier alpha value is -2.33. The number of benzene rings is 1. The number of likely N-dealkylation sites (N-methyl/N-ethyl adjacent to an activating group) is 1. The highest BCUT2D eigenvalue weighted by Crippen LogP contribution is 2.48. The van der Waals surface area contributed by atoms with E-state index in [4.69, 9.17) is 4.74 Å². The molecule has 7 atom stereocenters. The summed E-state index contributed by atoms with van der Waals surface area (Å²) < 4.78 is 20.0. The molecule has 6 rings (SSSR count). The zero-order valence-corrected chi connectivity index (χ0v) is 25.1. The Kier molecular flexibility index (Phi) is 8.74. The van der Waals surface area contributed by atoms with Crippen molar-refractivity contribution in [3.63, 3.8) is 0 Å². The average molecular weight is 597 g/mol. The minimum atomic E-state index is -0.592. The maximum atomic E-state index is 14.5. The second-order valence-electron chi connectivity index (χ2n) is 12.4. The molecule has 2 N–H and O–H groups in total. The number of halogens is 1. The molecule has 1 aromatic rings. The molecule has 4 fully saturated rings. The molecule has 6 unspecified atom stereocenters. The van der Waals surface area contributed by atoms with E-state index in [1.807, 2.05) is 6.07 Å². The highest BCUT2D eigenvalue weighted by molar-refractivity contribution is 8.00. The van der Waals surface area contributed by atoms with Gasteiger partial charge in [-0.25, -0.2) is 4.39 Å². The van der Waals surface area contributed by atoms with Gasteiger partial charge >= 0.3 is 0 Å². The second kappa shape index (κ2) is 12.3. The van der Waals surface area contributed by atoms with Crippen molar-refractivity contribution < 1.29 is 18.7 Å². The molecule has 0 aromatic heterocycles. The number of carbonyl (C=O) groups excluding carboxylic acids is 2. The number of thioether (sulfide) groups is 1. The van der Waals surface area contributed by atoms with Crippen LogP contribution >= 0.6 is 11.8 Å². The highest BCUT2D eigenvalue weighted by Gasteiger charge is 2.55. The number of nitriles is 1. The number of nitrogens with one attached hydrogen (secondary N) is 2. The van der Waals surface area contributed by atoms with E-state index < -0.39 is 17.1 Å². The van der Waals surface area contributed by atoms with Crippen LogP contribution in [0.3, 0.4) is 0 Å². The summed E-state index contributed by atoms with van der Waals surface area (Å²) in [5.41, 5.74) is 2.04. The van der Waals surface area contributed by atoms with E-state index in [0.29, 0.717) is 44.5 Å². The van der Waals surface area contributed by atoms with Crippen LogP contribution in [0.25, 0.3) is 0 Å². The Labute approximate surface area is 251 Å². The maximum absolute atomic E-state index is 14.5. The van der Waals surface area contributed by atoms with Crippen LogP contribution in [-0.4, -0.2) is 102 Å². The Balaban J connectivity index is 1.24. The number of piperazine rings is 1. The van der Waals surface area contributed by atoms with Crippen LogP contribution in [0.15, 0.2) is 30.9 Å². The number of ether oxygens (including phenoxy) is 1. The molecule has 3 saturated heterocycles. The van der Waals surface area contributed by atoms with Crippen molar-refractivity contribution >= 4 is 23.5 Å².